The minimum absolute atomic E-state index is 0. The molecule has 0 fully saturated rings. The van der Waals surface area contributed by atoms with E-state index in [-0.39, 0.29) is 17.0 Å². The zero-order valence-electron chi connectivity index (χ0n) is 12.8. The molecule has 4 aromatic rings. The molecule has 0 amide bonds. The number of aromatic nitrogens is 1. The number of fused-ring (bicyclic) bond motifs is 1. The Balaban J connectivity index is 0.00000182. The van der Waals surface area contributed by atoms with Crippen LogP contribution in [0.5, 0.6) is 0 Å². The molecule has 4 rings (SSSR count). The van der Waals surface area contributed by atoms with Gasteiger partial charge in [0.15, 0.2) is 5.76 Å². The summed E-state index contributed by atoms with van der Waals surface area (Å²) < 4.78 is 6.83. The van der Waals surface area contributed by atoms with Gasteiger partial charge in [0.25, 0.3) is 0 Å². The molecule has 0 aliphatic carbocycles. The third kappa shape index (κ3) is 4.00. The third-order valence-electron chi connectivity index (χ3n) is 3.45. The van der Waals surface area contributed by atoms with Crippen LogP contribution in [-0.4, -0.2) is 11.2 Å². The molecule has 0 saturated heterocycles. The number of hydrogen-bond acceptors (Lipinski definition) is 5. The van der Waals surface area contributed by atoms with Gasteiger partial charge in [0.1, 0.15) is 11.3 Å². The summed E-state index contributed by atoms with van der Waals surface area (Å²) in [5.41, 5.74) is 5.62. The zero-order chi connectivity index (χ0) is 16.4. The van der Waals surface area contributed by atoms with Gasteiger partial charge in [0, 0.05) is 20.8 Å². The highest BCUT2D eigenvalue weighted by Gasteiger charge is 2.09. The van der Waals surface area contributed by atoms with Crippen molar-refractivity contribution in [2.45, 2.75) is 0 Å². The van der Waals surface area contributed by atoms with E-state index in [9.17, 15) is 0 Å². The molecule has 0 aliphatic rings. The summed E-state index contributed by atoms with van der Waals surface area (Å²) in [4.78, 5) is 4.52. The van der Waals surface area contributed by atoms with Crippen molar-refractivity contribution in [3.8, 4) is 11.5 Å². The van der Waals surface area contributed by atoms with E-state index in [1.165, 1.54) is 11.3 Å². The maximum absolute atomic E-state index is 5.83. The molecule has 0 radical (unpaired) electrons. The first-order valence-electron chi connectivity index (χ1n) is 7.28. The van der Waals surface area contributed by atoms with Crippen molar-refractivity contribution in [1.82, 2.24) is 4.98 Å². The Bertz CT molecular complexity index is 993. The first kappa shape index (κ1) is 17.8. The Hall–Kier alpha value is -1.96. The molecule has 0 atom stereocenters. The summed E-state index contributed by atoms with van der Waals surface area (Å²) >= 11 is 4.98. The molecule has 126 valence electrons. The second kappa shape index (κ2) is 7.95. The van der Waals surface area contributed by atoms with Gasteiger partial charge in [0.05, 0.1) is 6.21 Å². The van der Waals surface area contributed by atoms with Gasteiger partial charge in [0.2, 0.25) is 5.13 Å². The molecule has 2 heterocycles. The molecular weight excluding hydrogens is 466 g/mol. The van der Waals surface area contributed by atoms with Crippen molar-refractivity contribution in [2.75, 3.05) is 5.43 Å². The van der Waals surface area contributed by atoms with E-state index < -0.39 is 0 Å². The molecule has 0 unspecified atom stereocenters. The van der Waals surface area contributed by atoms with Gasteiger partial charge in [-0.25, -0.2) is 4.98 Å². The molecule has 0 bridgehead atoms. The van der Waals surface area contributed by atoms with E-state index in [1.807, 2.05) is 60.0 Å². The lowest BCUT2D eigenvalue weighted by Crippen LogP contribution is -1.90. The lowest BCUT2D eigenvalue weighted by Gasteiger charge is -1.96. The second-order valence-electron chi connectivity index (χ2n) is 5.08. The van der Waals surface area contributed by atoms with Gasteiger partial charge in [-0.15, -0.1) is 28.3 Å². The third-order valence-corrected chi connectivity index (χ3v) is 4.92. The van der Waals surface area contributed by atoms with Crippen LogP contribution in [0, 0.1) is 0 Å². The molecule has 4 nitrogen and oxygen atoms in total. The highest BCUT2D eigenvalue weighted by atomic mass is 79.9. The second-order valence-corrected chi connectivity index (χ2v) is 6.79. The SMILES string of the molecule is Br.Brc1ccccc1/C=N\Nc1nc(-c2cc3ccccc3o2)cs1. The van der Waals surface area contributed by atoms with Gasteiger partial charge in [-0.1, -0.05) is 52.3 Å². The normalized spacial score (nSPS) is 10.9. The lowest BCUT2D eigenvalue weighted by molar-refractivity contribution is 0.629. The van der Waals surface area contributed by atoms with Crippen LogP contribution in [0.4, 0.5) is 5.13 Å². The predicted octanol–water partition coefficient (Wildman–Crippen LogP) is 6.34. The van der Waals surface area contributed by atoms with E-state index >= 15 is 0 Å². The van der Waals surface area contributed by atoms with Crippen LogP contribution in [-0.2, 0) is 0 Å². The smallest absolute Gasteiger partial charge is 0.203 e. The maximum Gasteiger partial charge on any atom is 0.203 e. The molecule has 7 heteroatoms. The number of thiazole rings is 1. The molecule has 0 spiro atoms. The topological polar surface area (TPSA) is 50.4 Å². The number of nitrogens with one attached hydrogen (secondary N) is 1. The minimum atomic E-state index is 0. The summed E-state index contributed by atoms with van der Waals surface area (Å²) in [6.45, 7) is 0. The van der Waals surface area contributed by atoms with Crippen molar-refractivity contribution in [2.24, 2.45) is 5.10 Å². The fraction of sp³-hybridized carbons (Fsp3) is 0. The Morgan fingerprint density at radius 1 is 1.12 bits per heavy atom. The predicted molar refractivity (Wildman–Crippen MR) is 113 cm³/mol. The summed E-state index contributed by atoms with van der Waals surface area (Å²) in [6, 6.07) is 17.8. The number of anilines is 1. The number of nitrogens with zero attached hydrogens (tertiary/aromatic N) is 2. The largest absolute Gasteiger partial charge is 0.454 e. The van der Waals surface area contributed by atoms with Crippen LogP contribution < -0.4 is 5.43 Å². The summed E-state index contributed by atoms with van der Waals surface area (Å²) in [5.74, 6) is 0.760. The fourth-order valence-electron chi connectivity index (χ4n) is 2.28. The Labute approximate surface area is 167 Å². The van der Waals surface area contributed by atoms with Gasteiger partial charge in [-0.2, -0.15) is 5.10 Å². The minimum Gasteiger partial charge on any atom is -0.454 e. The number of para-hydroxylation sites is 1. The number of rotatable bonds is 4. The van der Waals surface area contributed by atoms with Crippen LogP contribution >= 0.6 is 44.2 Å². The number of furan rings is 1. The highest BCUT2D eigenvalue weighted by molar-refractivity contribution is 9.10. The van der Waals surface area contributed by atoms with E-state index in [0.717, 1.165) is 32.5 Å². The monoisotopic (exact) mass is 477 g/mol. The maximum atomic E-state index is 5.83. The van der Waals surface area contributed by atoms with Crippen LogP contribution in [0.25, 0.3) is 22.4 Å². The Morgan fingerprint density at radius 3 is 2.76 bits per heavy atom. The molecule has 0 aliphatic heterocycles. The molecule has 25 heavy (non-hydrogen) atoms. The van der Waals surface area contributed by atoms with Crippen molar-refractivity contribution in [1.29, 1.82) is 0 Å². The van der Waals surface area contributed by atoms with Crippen LogP contribution in [0.2, 0.25) is 0 Å². The Kier molecular flexibility index (Phi) is 5.67. The standard InChI is InChI=1S/C18H12BrN3OS.BrH/c19-14-7-3-1-6-13(14)10-20-22-18-21-15(11-24-18)17-9-12-5-2-4-8-16(12)23-17;/h1-11H,(H,21,22);1H/b20-10-;. The van der Waals surface area contributed by atoms with Crippen molar-refractivity contribution in [3.05, 3.63) is 70.0 Å². The summed E-state index contributed by atoms with van der Waals surface area (Å²) in [7, 11) is 0. The van der Waals surface area contributed by atoms with Crippen LogP contribution in [0.3, 0.4) is 0 Å². The van der Waals surface area contributed by atoms with Crippen LogP contribution in [0.15, 0.2) is 74.0 Å². The van der Waals surface area contributed by atoms with Crippen LogP contribution in [0.1, 0.15) is 5.56 Å². The average Bonchev–Trinajstić information content (AvgIpc) is 3.23. The van der Waals surface area contributed by atoms with Crippen molar-refractivity contribution in [3.63, 3.8) is 0 Å². The van der Waals surface area contributed by atoms with Gasteiger partial charge >= 0.3 is 0 Å². The first-order chi connectivity index (χ1) is 11.8. The molecule has 2 aromatic heterocycles. The van der Waals surface area contributed by atoms with Crippen molar-refractivity contribution >= 4 is 66.6 Å². The quantitative estimate of drug-likeness (QED) is 0.275. The zero-order valence-corrected chi connectivity index (χ0v) is 17.0. The average molecular weight is 479 g/mol. The van der Waals surface area contributed by atoms with Gasteiger partial charge < -0.3 is 4.42 Å². The van der Waals surface area contributed by atoms with E-state index in [2.05, 4.69) is 31.4 Å². The first-order valence-corrected chi connectivity index (χ1v) is 8.95. The molecule has 2 aromatic carbocycles. The number of hydrogen-bond donors (Lipinski definition) is 1. The van der Waals surface area contributed by atoms with Gasteiger partial charge in [-0.3, -0.25) is 5.43 Å². The van der Waals surface area contributed by atoms with E-state index in [0.29, 0.717) is 5.13 Å². The Morgan fingerprint density at radius 2 is 1.92 bits per heavy atom. The summed E-state index contributed by atoms with van der Waals surface area (Å²) in [6.07, 6.45) is 1.76. The molecular formula is C18H13Br2N3OS. The highest BCUT2D eigenvalue weighted by Crippen LogP contribution is 2.30. The lowest BCUT2D eigenvalue weighted by atomic mass is 10.2. The number of hydrazone groups is 1. The fourth-order valence-corrected chi connectivity index (χ4v) is 3.32. The van der Waals surface area contributed by atoms with Crippen molar-refractivity contribution < 1.29 is 4.42 Å². The van der Waals surface area contributed by atoms with Gasteiger partial charge in [-0.05, 0) is 18.2 Å². The molecule has 1 N–H and O–H groups in total. The summed E-state index contributed by atoms with van der Waals surface area (Å²) in [5, 5.41) is 7.97. The number of halogens is 2. The van der Waals surface area contributed by atoms with E-state index in [4.69, 9.17) is 4.42 Å². The van der Waals surface area contributed by atoms with E-state index in [1.54, 1.807) is 6.21 Å². The molecule has 0 saturated carbocycles. The number of benzene rings is 2.